The minimum Gasteiger partial charge on any atom is -0.497 e. The van der Waals surface area contributed by atoms with Crippen LogP contribution in [-0.4, -0.2) is 37.0 Å². The van der Waals surface area contributed by atoms with Gasteiger partial charge >= 0.3 is 0 Å². The lowest BCUT2D eigenvalue weighted by molar-refractivity contribution is 0.305. The van der Waals surface area contributed by atoms with Crippen molar-refractivity contribution in [3.8, 4) is 5.75 Å². The third-order valence-electron chi connectivity index (χ3n) is 4.89. The molecule has 29 heavy (non-hydrogen) atoms. The van der Waals surface area contributed by atoms with E-state index in [9.17, 15) is 8.42 Å². The number of nitrogens with two attached hydrogens (primary N) is 1. The molecule has 2 N–H and O–H groups in total. The van der Waals surface area contributed by atoms with Crippen molar-refractivity contribution in [3.63, 3.8) is 0 Å². The van der Waals surface area contributed by atoms with Gasteiger partial charge in [0.25, 0.3) is 0 Å². The average molecular weight is 417 g/mol. The number of methoxy groups -OCH3 is 1. The van der Waals surface area contributed by atoms with Crippen LogP contribution in [0.15, 0.2) is 47.4 Å². The second-order valence-corrected chi connectivity index (χ2v) is 8.81. The maximum Gasteiger partial charge on any atom is 0.238 e. The Labute approximate surface area is 172 Å². The molecular formula is C21H28N4O3S. The summed E-state index contributed by atoms with van der Waals surface area (Å²) in [6.45, 7) is 4.40. The topological polar surface area (TPSA) is 90.4 Å². The molecule has 0 radical (unpaired) electrons. The van der Waals surface area contributed by atoms with E-state index in [4.69, 9.17) is 14.9 Å². The smallest absolute Gasteiger partial charge is 0.238 e. The SMILES string of the molecule is CCCCn1c(CN(C)Cc2ccc(OC)cc2)nc2cc(S(N)(=O)=O)ccc21. The molecule has 0 fully saturated rings. The first-order chi connectivity index (χ1) is 13.8. The number of aromatic nitrogens is 2. The standard InChI is InChI=1S/C21H28N4O3S/c1-4-5-12-25-20-11-10-18(29(22,26)27)13-19(20)23-21(25)15-24(2)14-16-6-8-17(28-3)9-7-16/h6-11,13H,4-5,12,14-15H2,1-3H3,(H2,22,26,27). The Morgan fingerprint density at radius 3 is 2.48 bits per heavy atom. The van der Waals surface area contributed by atoms with Crippen molar-refractivity contribution in [1.82, 2.24) is 14.5 Å². The summed E-state index contributed by atoms with van der Waals surface area (Å²) >= 11 is 0. The predicted octanol–water partition coefficient (Wildman–Crippen LogP) is 3.12. The Bertz CT molecular complexity index is 1080. The van der Waals surface area contributed by atoms with E-state index < -0.39 is 10.0 Å². The van der Waals surface area contributed by atoms with E-state index >= 15 is 0 Å². The summed E-state index contributed by atoms with van der Waals surface area (Å²) in [6.07, 6.45) is 2.09. The van der Waals surface area contributed by atoms with Gasteiger partial charge in [-0.2, -0.15) is 0 Å². The molecule has 0 bridgehead atoms. The molecule has 1 aromatic heterocycles. The number of sulfonamides is 1. The van der Waals surface area contributed by atoms with Gasteiger partial charge in [0, 0.05) is 13.1 Å². The largest absolute Gasteiger partial charge is 0.497 e. The summed E-state index contributed by atoms with van der Waals surface area (Å²) in [5.74, 6) is 1.75. The molecule has 0 spiro atoms. The molecule has 3 aromatic rings. The third kappa shape index (κ3) is 5.14. The fourth-order valence-electron chi connectivity index (χ4n) is 3.36. The van der Waals surface area contributed by atoms with Crippen LogP contribution in [0.3, 0.4) is 0 Å². The highest BCUT2D eigenvalue weighted by atomic mass is 32.2. The van der Waals surface area contributed by atoms with Crippen LogP contribution in [0, 0.1) is 0 Å². The highest BCUT2D eigenvalue weighted by Gasteiger charge is 2.16. The van der Waals surface area contributed by atoms with Gasteiger partial charge in [-0.25, -0.2) is 18.5 Å². The summed E-state index contributed by atoms with van der Waals surface area (Å²) in [5, 5.41) is 5.28. The van der Waals surface area contributed by atoms with Crippen molar-refractivity contribution in [2.24, 2.45) is 5.14 Å². The normalized spacial score (nSPS) is 12.0. The second kappa shape index (κ2) is 8.94. The van der Waals surface area contributed by atoms with Crippen LogP contribution in [0.2, 0.25) is 0 Å². The van der Waals surface area contributed by atoms with Crippen LogP contribution in [-0.2, 0) is 29.7 Å². The minimum atomic E-state index is -3.75. The quantitative estimate of drug-likeness (QED) is 0.579. The lowest BCUT2D eigenvalue weighted by Gasteiger charge is -2.18. The zero-order chi connectivity index (χ0) is 21.0. The molecule has 3 rings (SSSR count). The number of rotatable bonds is 9. The molecule has 0 aliphatic heterocycles. The Balaban J connectivity index is 1.87. The molecular weight excluding hydrogens is 388 g/mol. The number of ether oxygens (including phenoxy) is 1. The van der Waals surface area contributed by atoms with E-state index in [1.54, 1.807) is 25.3 Å². The number of hydrogen-bond acceptors (Lipinski definition) is 5. The molecule has 1 heterocycles. The van der Waals surface area contributed by atoms with E-state index in [0.717, 1.165) is 43.0 Å². The molecule has 0 atom stereocenters. The lowest BCUT2D eigenvalue weighted by atomic mass is 10.2. The van der Waals surface area contributed by atoms with Crippen molar-refractivity contribution >= 4 is 21.1 Å². The first-order valence-electron chi connectivity index (χ1n) is 9.65. The number of benzene rings is 2. The molecule has 8 heteroatoms. The number of unbranched alkanes of at least 4 members (excludes halogenated alkanes) is 1. The van der Waals surface area contributed by atoms with Gasteiger partial charge in [-0.05, 0) is 49.4 Å². The van der Waals surface area contributed by atoms with Crippen LogP contribution in [0.4, 0.5) is 0 Å². The van der Waals surface area contributed by atoms with Crippen LogP contribution in [0.1, 0.15) is 31.2 Å². The summed E-state index contributed by atoms with van der Waals surface area (Å²) < 4.78 is 30.8. The van der Waals surface area contributed by atoms with Crippen LogP contribution >= 0.6 is 0 Å². The van der Waals surface area contributed by atoms with E-state index in [1.165, 1.54) is 5.56 Å². The van der Waals surface area contributed by atoms with Crippen LogP contribution < -0.4 is 9.88 Å². The Kier molecular flexibility index (Phi) is 6.56. The molecule has 2 aromatic carbocycles. The maximum absolute atomic E-state index is 11.7. The average Bonchev–Trinajstić information content (AvgIpc) is 3.02. The molecule has 156 valence electrons. The van der Waals surface area contributed by atoms with Crippen molar-refractivity contribution in [2.45, 2.75) is 44.3 Å². The Hall–Kier alpha value is -2.42. The number of nitrogens with zero attached hydrogens (tertiary/aromatic N) is 3. The van der Waals surface area contributed by atoms with Gasteiger partial charge in [0.05, 0.1) is 29.6 Å². The first-order valence-corrected chi connectivity index (χ1v) is 11.2. The Morgan fingerprint density at radius 1 is 1.14 bits per heavy atom. The summed E-state index contributed by atoms with van der Waals surface area (Å²) in [6, 6.07) is 12.9. The number of aryl methyl sites for hydroxylation is 1. The van der Waals surface area contributed by atoms with Gasteiger partial charge in [0.2, 0.25) is 10.0 Å². The molecule has 0 aliphatic carbocycles. The predicted molar refractivity (Wildman–Crippen MR) is 114 cm³/mol. The monoisotopic (exact) mass is 416 g/mol. The molecule has 0 amide bonds. The first kappa shape index (κ1) is 21.3. The molecule has 0 unspecified atom stereocenters. The van der Waals surface area contributed by atoms with Crippen molar-refractivity contribution in [2.75, 3.05) is 14.2 Å². The lowest BCUT2D eigenvalue weighted by Crippen LogP contribution is -2.20. The van der Waals surface area contributed by atoms with Gasteiger partial charge in [0.15, 0.2) is 0 Å². The van der Waals surface area contributed by atoms with Gasteiger partial charge in [0.1, 0.15) is 11.6 Å². The van der Waals surface area contributed by atoms with Gasteiger partial charge in [-0.15, -0.1) is 0 Å². The summed E-state index contributed by atoms with van der Waals surface area (Å²) in [5.41, 5.74) is 2.76. The van der Waals surface area contributed by atoms with E-state index in [2.05, 4.69) is 16.4 Å². The second-order valence-electron chi connectivity index (χ2n) is 7.25. The highest BCUT2D eigenvalue weighted by molar-refractivity contribution is 7.89. The third-order valence-corrected chi connectivity index (χ3v) is 5.80. The highest BCUT2D eigenvalue weighted by Crippen LogP contribution is 2.22. The van der Waals surface area contributed by atoms with E-state index in [1.807, 2.05) is 31.3 Å². The van der Waals surface area contributed by atoms with Crippen molar-refractivity contribution in [3.05, 3.63) is 53.9 Å². The zero-order valence-electron chi connectivity index (χ0n) is 17.1. The molecule has 0 saturated carbocycles. The van der Waals surface area contributed by atoms with Gasteiger partial charge < -0.3 is 9.30 Å². The summed E-state index contributed by atoms with van der Waals surface area (Å²) in [7, 11) is -0.0531. The number of hydrogen-bond donors (Lipinski definition) is 1. The molecule has 7 nitrogen and oxygen atoms in total. The number of imidazole rings is 1. The van der Waals surface area contributed by atoms with Crippen molar-refractivity contribution < 1.29 is 13.2 Å². The van der Waals surface area contributed by atoms with Crippen LogP contribution in [0.5, 0.6) is 5.75 Å². The van der Waals surface area contributed by atoms with E-state index in [-0.39, 0.29) is 4.90 Å². The maximum atomic E-state index is 11.7. The fraction of sp³-hybridized carbons (Fsp3) is 0.381. The Morgan fingerprint density at radius 2 is 1.86 bits per heavy atom. The van der Waals surface area contributed by atoms with Gasteiger partial charge in [-0.3, -0.25) is 4.90 Å². The minimum absolute atomic E-state index is 0.0864. The van der Waals surface area contributed by atoms with Crippen molar-refractivity contribution in [1.29, 1.82) is 0 Å². The van der Waals surface area contributed by atoms with Crippen LogP contribution in [0.25, 0.3) is 11.0 Å². The molecule has 0 aliphatic rings. The molecule has 0 saturated heterocycles. The fourth-order valence-corrected chi connectivity index (χ4v) is 3.90. The number of primary sulfonamides is 1. The van der Waals surface area contributed by atoms with E-state index in [0.29, 0.717) is 12.1 Å². The zero-order valence-corrected chi connectivity index (χ0v) is 17.9. The summed E-state index contributed by atoms with van der Waals surface area (Å²) in [4.78, 5) is 7.00. The van der Waals surface area contributed by atoms with Gasteiger partial charge in [-0.1, -0.05) is 25.5 Å². The number of fused-ring (bicyclic) bond motifs is 1.